The van der Waals surface area contributed by atoms with E-state index >= 15 is 0 Å². The van der Waals surface area contributed by atoms with Crippen molar-refractivity contribution in [3.8, 4) is 5.75 Å². The van der Waals surface area contributed by atoms with Gasteiger partial charge in [-0.25, -0.2) is 9.79 Å². The third kappa shape index (κ3) is 4.12. The third-order valence-electron chi connectivity index (χ3n) is 4.97. The molecule has 9 heteroatoms. The van der Waals surface area contributed by atoms with Crippen LogP contribution in [0, 0.1) is 0 Å². The Balaban J connectivity index is 1.96. The molecule has 4 rings (SSSR count). The van der Waals surface area contributed by atoms with Crippen molar-refractivity contribution in [2.24, 2.45) is 4.99 Å². The Hall–Kier alpha value is -2.49. The number of aromatic nitrogens is 1. The van der Waals surface area contributed by atoms with Gasteiger partial charge in [0, 0.05) is 0 Å². The average molecular weight is 578 g/mol. The zero-order valence-corrected chi connectivity index (χ0v) is 21.1. The van der Waals surface area contributed by atoms with Gasteiger partial charge in [0.05, 0.1) is 37.4 Å². The van der Waals surface area contributed by atoms with E-state index in [1.54, 1.807) is 36.6 Å². The van der Waals surface area contributed by atoms with Crippen LogP contribution < -0.4 is 14.9 Å². The molecular formula is C23H18Br2N2O4S. The lowest BCUT2D eigenvalue weighted by Gasteiger charge is -2.24. The second kappa shape index (κ2) is 9.17. The van der Waals surface area contributed by atoms with Crippen LogP contribution in [0.2, 0.25) is 0 Å². The summed E-state index contributed by atoms with van der Waals surface area (Å²) in [5.41, 5.74) is 2.15. The molecule has 1 atom stereocenters. The largest absolute Gasteiger partial charge is 0.506 e. The van der Waals surface area contributed by atoms with Gasteiger partial charge in [0.15, 0.2) is 4.80 Å². The number of carbonyl (C=O) groups excluding carboxylic acids is 1. The van der Waals surface area contributed by atoms with Crippen molar-refractivity contribution in [1.29, 1.82) is 0 Å². The zero-order chi connectivity index (χ0) is 23.0. The summed E-state index contributed by atoms with van der Waals surface area (Å²) in [6, 6.07) is 12.2. The topological polar surface area (TPSA) is 80.9 Å². The predicted octanol–water partition coefficient (Wildman–Crippen LogP) is 4.03. The molecule has 2 aromatic carbocycles. The molecule has 0 amide bonds. The molecule has 1 N–H and O–H groups in total. The molecule has 1 aliphatic heterocycles. The van der Waals surface area contributed by atoms with Gasteiger partial charge in [0.1, 0.15) is 5.75 Å². The average Bonchev–Trinajstić information content (AvgIpc) is 3.06. The summed E-state index contributed by atoms with van der Waals surface area (Å²) in [5.74, 6) is -0.398. The fourth-order valence-corrected chi connectivity index (χ4v) is 5.83. The number of esters is 1. The maximum atomic E-state index is 13.5. The van der Waals surface area contributed by atoms with Crippen LogP contribution in [0.3, 0.4) is 0 Å². The Bertz CT molecular complexity index is 1400. The standard InChI is InChI=1S/C23H18Br2N2O4S/c1-3-31-22(30)18-12(2)26-23-27(19(18)14-7-5-4-6-8-14)21(29)17(32-23)11-13-9-15(24)20(28)16(25)10-13/h4-11,19,28H,3H2,1-2H3. The van der Waals surface area contributed by atoms with Gasteiger partial charge in [-0.05, 0) is 75.0 Å². The molecule has 164 valence electrons. The van der Waals surface area contributed by atoms with Crippen LogP contribution in [0.25, 0.3) is 6.08 Å². The van der Waals surface area contributed by atoms with Crippen molar-refractivity contribution < 1.29 is 14.6 Å². The number of allylic oxidation sites excluding steroid dienone is 1. The van der Waals surface area contributed by atoms with Crippen molar-refractivity contribution in [3.05, 3.63) is 93.5 Å². The van der Waals surface area contributed by atoms with Crippen LogP contribution in [-0.4, -0.2) is 22.2 Å². The number of nitrogens with zero attached hydrogens (tertiary/aromatic N) is 2. The molecule has 0 saturated carbocycles. The van der Waals surface area contributed by atoms with E-state index in [2.05, 4.69) is 36.9 Å². The quantitative estimate of drug-likeness (QED) is 0.475. The third-order valence-corrected chi connectivity index (χ3v) is 7.16. The van der Waals surface area contributed by atoms with Gasteiger partial charge in [-0.15, -0.1) is 0 Å². The van der Waals surface area contributed by atoms with Crippen molar-refractivity contribution >= 4 is 55.2 Å². The number of halogens is 2. The molecule has 6 nitrogen and oxygen atoms in total. The van der Waals surface area contributed by atoms with Gasteiger partial charge >= 0.3 is 5.97 Å². The summed E-state index contributed by atoms with van der Waals surface area (Å²) < 4.78 is 8.32. The van der Waals surface area contributed by atoms with E-state index in [9.17, 15) is 14.7 Å². The van der Waals surface area contributed by atoms with Gasteiger partial charge in [0.2, 0.25) is 0 Å². The van der Waals surface area contributed by atoms with Gasteiger partial charge in [-0.3, -0.25) is 9.36 Å². The predicted molar refractivity (Wildman–Crippen MR) is 130 cm³/mol. The molecule has 0 aliphatic carbocycles. The highest BCUT2D eigenvalue weighted by Gasteiger charge is 2.33. The van der Waals surface area contributed by atoms with Crippen LogP contribution in [-0.2, 0) is 9.53 Å². The second-order valence-corrected chi connectivity index (χ2v) is 9.76. The number of thiazole rings is 1. The molecule has 0 radical (unpaired) electrons. The number of phenols is 1. The molecule has 32 heavy (non-hydrogen) atoms. The van der Waals surface area contributed by atoms with Crippen LogP contribution in [0.4, 0.5) is 0 Å². The van der Waals surface area contributed by atoms with E-state index in [-0.39, 0.29) is 17.9 Å². The number of benzene rings is 2. The fraction of sp³-hybridized carbons (Fsp3) is 0.174. The smallest absolute Gasteiger partial charge is 0.338 e. The van der Waals surface area contributed by atoms with Crippen molar-refractivity contribution in [2.45, 2.75) is 19.9 Å². The molecule has 0 saturated heterocycles. The first-order valence-corrected chi connectivity index (χ1v) is 12.1. The lowest BCUT2D eigenvalue weighted by molar-refractivity contribution is -0.139. The Morgan fingerprint density at radius 1 is 1.25 bits per heavy atom. The highest BCUT2D eigenvalue weighted by atomic mass is 79.9. The number of phenolic OH excluding ortho intramolecular Hbond substituents is 1. The van der Waals surface area contributed by atoms with Crippen LogP contribution in [0.5, 0.6) is 5.75 Å². The minimum atomic E-state index is -0.632. The fourth-order valence-electron chi connectivity index (χ4n) is 3.56. The Morgan fingerprint density at radius 2 is 1.91 bits per heavy atom. The van der Waals surface area contributed by atoms with Gasteiger partial charge in [-0.1, -0.05) is 41.7 Å². The summed E-state index contributed by atoms with van der Waals surface area (Å²) in [6.07, 6.45) is 1.74. The maximum Gasteiger partial charge on any atom is 0.338 e. The van der Waals surface area contributed by atoms with E-state index in [4.69, 9.17) is 4.74 Å². The van der Waals surface area contributed by atoms with Crippen LogP contribution in [0.1, 0.15) is 31.0 Å². The minimum absolute atomic E-state index is 0.0855. The maximum absolute atomic E-state index is 13.5. The number of hydrogen-bond acceptors (Lipinski definition) is 6. The summed E-state index contributed by atoms with van der Waals surface area (Å²) in [5, 5.41) is 9.96. The van der Waals surface area contributed by atoms with Crippen LogP contribution >= 0.6 is 43.2 Å². The SMILES string of the molecule is CCOC(=O)C1=C(C)N=c2sc(=Cc3cc(Br)c(O)c(Br)c3)c(=O)n2C1c1ccccc1. The second-order valence-electron chi connectivity index (χ2n) is 7.05. The Kier molecular flexibility index (Phi) is 6.50. The van der Waals surface area contributed by atoms with Crippen molar-refractivity contribution in [3.63, 3.8) is 0 Å². The number of aromatic hydroxyl groups is 1. The molecule has 0 bridgehead atoms. The van der Waals surface area contributed by atoms with E-state index in [0.717, 1.165) is 11.1 Å². The first-order chi connectivity index (χ1) is 15.3. The normalized spacial score (nSPS) is 16.0. The number of fused-ring (bicyclic) bond motifs is 1. The Morgan fingerprint density at radius 3 is 2.53 bits per heavy atom. The van der Waals surface area contributed by atoms with Crippen molar-refractivity contribution in [2.75, 3.05) is 6.61 Å². The molecule has 1 unspecified atom stereocenters. The number of ether oxygens (including phenoxy) is 1. The monoisotopic (exact) mass is 576 g/mol. The van der Waals surface area contributed by atoms with E-state index in [1.807, 2.05) is 30.3 Å². The lowest BCUT2D eigenvalue weighted by Crippen LogP contribution is -2.39. The first kappa shape index (κ1) is 22.7. The van der Waals surface area contributed by atoms with E-state index in [0.29, 0.717) is 29.5 Å². The molecule has 0 fully saturated rings. The molecule has 1 aromatic heterocycles. The minimum Gasteiger partial charge on any atom is -0.506 e. The molecular weight excluding hydrogens is 560 g/mol. The van der Waals surface area contributed by atoms with Gasteiger partial charge in [-0.2, -0.15) is 0 Å². The number of carbonyl (C=O) groups is 1. The van der Waals surface area contributed by atoms with Gasteiger partial charge < -0.3 is 9.84 Å². The van der Waals surface area contributed by atoms with Gasteiger partial charge in [0.25, 0.3) is 5.56 Å². The van der Waals surface area contributed by atoms with E-state index in [1.165, 1.54) is 11.3 Å². The number of rotatable bonds is 4. The molecule has 2 heterocycles. The molecule has 1 aliphatic rings. The molecule has 3 aromatic rings. The van der Waals surface area contributed by atoms with E-state index < -0.39 is 12.0 Å². The summed E-state index contributed by atoms with van der Waals surface area (Å²) in [6.45, 7) is 3.73. The highest BCUT2D eigenvalue weighted by Crippen LogP contribution is 2.34. The van der Waals surface area contributed by atoms with Crippen LogP contribution in [0.15, 0.2) is 72.5 Å². The number of hydrogen-bond donors (Lipinski definition) is 1. The lowest BCUT2D eigenvalue weighted by atomic mass is 9.96. The first-order valence-electron chi connectivity index (χ1n) is 9.74. The highest BCUT2D eigenvalue weighted by molar-refractivity contribution is 9.11. The summed E-state index contributed by atoms with van der Waals surface area (Å²) in [7, 11) is 0. The molecule has 0 spiro atoms. The zero-order valence-electron chi connectivity index (χ0n) is 17.1. The summed E-state index contributed by atoms with van der Waals surface area (Å²) >= 11 is 7.88. The summed E-state index contributed by atoms with van der Waals surface area (Å²) in [4.78, 5) is 31.4. The van der Waals surface area contributed by atoms with Crippen molar-refractivity contribution in [1.82, 2.24) is 4.57 Å². The Labute approximate surface area is 204 Å².